The fraction of sp³-hybridized carbons (Fsp3) is 0.300. The largest absolute Gasteiger partial charge is 0.497 e. The first-order valence-corrected chi connectivity index (χ1v) is 12.9. The van der Waals surface area contributed by atoms with E-state index in [-0.39, 0.29) is 19.7 Å². The highest BCUT2D eigenvalue weighted by Gasteiger charge is 2.21. The summed E-state index contributed by atoms with van der Waals surface area (Å²) in [6.07, 6.45) is -0.119. The number of furan rings is 1. The fourth-order valence-electron chi connectivity index (χ4n) is 3.85. The Morgan fingerprint density at radius 3 is 2.25 bits per heavy atom. The van der Waals surface area contributed by atoms with Crippen molar-refractivity contribution in [2.45, 2.75) is 33.7 Å². The van der Waals surface area contributed by atoms with Gasteiger partial charge in [-0.3, -0.25) is 9.69 Å². The summed E-state index contributed by atoms with van der Waals surface area (Å²) in [5, 5.41) is 0. The first-order valence-electron chi connectivity index (χ1n) is 12.9. The fourth-order valence-corrected chi connectivity index (χ4v) is 3.85. The van der Waals surface area contributed by atoms with Crippen LogP contribution in [0.2, 0.25) is 0 Å². The summed E-state index contributed by atoms with van der Waals surface area (Å²) in [5.74, 6) is 3.64. The molecule has 0 aliphatic rings. The molecular formula is C30H32N2O8. The van der Waals surface area contributed by atoms with E-state index < -0.39 is 12.1 Å². The van der Waals surface area contributed by atoms with E-state index in [9.17, 15) is 9.59 Å². The van der Waals surface area contributed by atoms with Crippen LogP contribution in [0.3, 0.4) is 0 Å². The first kappa shape index (κ1) is 28.3. The molecule has 4 rings (SSSR count). The summed E-state index contributed by atoms with van der Waals surface area (Å²) >= 11 is 0. The quantitative estimate of drug-likeness (QED) is 0.204. The third-order valence-corrected chi connectivity index (χ3v) is 5.90. The second-order valence-electron chi connectivity index (χ2n) is 8.88. The zero-order valence-corrected chi connectivity index (χ0v) is 23.0. The number of rotatable bonds is 12. The molecule has 0 bridgehead atoms. The summed E-state index contributed by atoms with van der Waals surface area (Å²) < 4.78 is 32.8. The molecule has 0 saturated heterocycles. The lowest BCUT2D eigenvalue weighted by Gasteiger charge is -2.21. The van der Waals surface area contributed by atoms with Crippen molar-refractivity contribution in [2.24, 2.45) is 0 Å². The molecule has 0 spiro atoms. The standard InChI is InChI=1S/C30H32N2O8/c1-5-36-28(33)19-32(30(34)40-25-13-11-23(35-4)12-14-25)18-22-7-9-24(10-8-22)37-17-16-26-21(3)39-29(31-26)27-15-6-20(2)38-27/h6-15H,5,16-19H2,1-4H3. The molecule has 0 N–H and O–H groups in total. The average molecular weight is 549 g/mol. The van der Waals surface area contributed by atoms with Crippen molar-refractivity contribution in [3.05, 3.63) is 83.4 Å². The van der Waals surface area contributed by atoms with Crippen LogP contribution in [-0.2, 0) is 22.5 Å². The molecule has 1 amide bonds. The number of nitrogens with zero attached hydrogens (tertiary/aromatic N) is 2. The van der Waals surface area contributed by atoms with Gasteiger partial charge < -0.3 is 27.8 Å². The van der Waals surface area contributed by atoms with Crippen LogP contribution in [-0.4, -0.2) is 48.8 Å². The second-order valence-corrected chi connectivity index (χ2v) is 8.88. The van der Waals surface area contributed by atoms with E-state index in [2.05, 4.69) is 4.98 Å². The molecule has 0 aliphatic carbocycles. The van der Waals surface area contributed by atoms with Crippen molar-refractivity contribution in [1.82, 2.24) is 9.88 Å². The van der Waals surface area contributed by atoms with Crippen LogP contribution in [0.5, 0.6) is 17.2 Å². The molecule has 0 fully saturated rings. The molecule has 0 aliphatic heterocycles. The predicted octanol–water partition coefficient (Wildman–Crippen LogP) is 5.75. The number of oxazole rings is 1. The van der Waals surface area contributed by atoms with Gasteiger partial charge in [0.05, 0.1) is 26.0 Å². The molecule has 10 heteroatoms. The smallest absolute Gasteiger partial charge is 0.416 e. The van der Waals surface area contributed by atoms with Gasteiger partial charge in [-0.15, -0.1) is 0 Å². The molecule has 2 aromatic heterocycles. The van der Waals surface area contributed by atoms with E-state index in [0.717, 1.165) is 17.0 Å². The van der Waals surface area contributed by atoms with Crippen molar-refractivity contribution in [2.75, 3.05) is 26.9 Å². The molecule has 0 atom stereocenters. The number of methoxy groups -OCH3 is 1. The number of benzene rings is 2. The normalized spacial score (nSPS) is 10.7. The van der Waals surface area contributed by atoms with Crippen LogP contribution < -0.4 is 14.2 Å². The number of carbonyl (C=O) groups excluding carboxylic acids is 2. The predicted molar refractivity (Wildman–Crippen MR) is 145 cm³/mol. The molecule has 0 saturated carbocycles. The van der Waals surface area contributed by atoms with E-state index in [1.807, 2.05) is 38.1 Å². The lowest BCUT2D eigenvalue weighted by Crippen LogP contribution is -2.38. The number of ether oxygens (including phenoxy) is 4. The Hall–Kier alpha value is -4.73. The lowest BCUT2D eigenvalue weighted by atomic mass is 10.2. The van der Waals surface area contributed by atoms with Gasteiger partial charge in [-0.2, -0.15) is 0 Å². The molecule has 4 aromatic rings. The Balaban J connectivity index is 1.34. The number of esters is 1. The Labute approximate surface area is 232 Å². The maximum atomic E-state index is 12.9. The van der Waals surface area contributed by atoms with Gasteiger partial charge in [-0.05, 0) is 74.9 Å². The van der Waals surface area contributed by atoms with Crippen molar-refractivity contribution in [3.8, 4) is 28.9 Å². The molecule has 2 heterocycles. The lowest BCUT2D eigenvalue weighted by molar-refractivity contribution is -0.144. The summed E-state index contributed by atoms with van der Waals surface area (Å²) in [6.45, 7) is 5.93. The zero-order chi connectivity index (χ0) is 28.5. The Morgan fingerprint density at radius 1 is 0.900 bits per heavy atom. The van der Waals surface area contributed by atoms with E-state index in [4.69, 9.17) is 27.8 Å². The zero-order valence-electron chi connectivity index (χ0n) is 23.0. The number of aryl methyl sites for hydroxylation is 2. The summed E-state index contributed by atoms with van der Waals surface area (Å²) in [6, 6.07) is 17.5. The number of carbonyl (C=O) groups is 2. The highest BCUT2D eigenvalue weighted by Crippen LogP contribution is 2.24. The SMILES string of the molecule is CCOC(=O)CN(Cc1ccc(OCCc2nc(-c3ccc(C)o3)oc2C)cc1)C(=O)Oc1ccc(OC)cc1. The molecule has 0 unspecified atom stereocenters. The Kier molecular flexibility index (Phi) is 9.45. The van der Waals surface area contributed by atoms with Crippen LogP contribution >= 0.6 is 0 Å². The molecule has 10 nitrogen and oxygen atoms in total. The van der Waals surface area contributed by atoms with E-state index in [1.165, 1.54) is 4.90 Å². The first-order chi connectivity index (χ1) is 19.3. The number of amides is 1. The maximum absolute atomic E-state index is 12.9. The highest BCUT2D eigenvalue weighted by atomic mass is 16.6. The van der Waals surface area contributed by atoms with Gasteiger partial charge in [0.1, 0.15) is 35.3 Å². The molecule has 2 aromatic carbocycles. The van der Waals surface area contributed by atoms with Crippen LogP contribution in [0.25, 0.3) is 11.7 Å². The molecule has 210 valence electrons. The van der Waals surface area contributed by atoms with Gasteiger partial charge in [0.15, 0.2) is 5.76 Å². The van der Waals surface area contributed by atoms with Crippen molar-refractivity contribution in [3.63, 3.8) is 0 Å². The maximum Gasteiger partial charge on any atom is 0.416 e. The Morgan fingerprint density at radius 2 is 1.60 bits per heavy atom. The third-order valence-electron chi connectivity index (χ3n) is 5.90. The average Bonchev–Trinajstić information content (AvgIpc) is 3.55. The summed E-state index contributed by atoms with van der Waals surface area (Å²) in [5.41, 5.74) is 1.58. The van der Waals surface area contributed by atoms with Gasteiger partial charge in [0.2, 0.25) is 0 Å². The molecule has 40 heavy (non-hydrogen) atoms. The minimum atomic E-state index is -0.675. The minimum Gasteiger partial charge on any atom is -0.497 e. The van der Waals surface area contributed by atoms with Gasteiger partial charge in [0, 0.05) is 13.0 Å². The summed E-state index contributed by atoms with van der Waals surface area (Å²) in [4.78, 5) is 30.9. The number of aromatic nitrogens is 1. The van der Waals surface area contributed by atoms with E-state index >= 15 is 0 Å². The second kappa shape index (κ2) is 13.4. The third kappa shape index (κ3) is 7.66. The number of hydrogen-bond acceptors (Lipinski definition) is 9. The van der Waals surface area contributed by atoms with Crippen molar-refractivity contribution < 1.29 is 37.4 Å². The van der Waals surface area contributed by atoms with Crippen LogP contribution in [0.4, 0.5) is 4.79 Å². The molecule has 0 radical (unpaired) electrons. The van der Waals surface area contributed by atoms with E-state index in [1.54, 1.807) is 50.4 Å². The Bertz CT molecular complexity index is 1410. The topological polar surface area (TPSA) is 113 Å². The number of hydrogen-bond donors (Lipinski definition) is 0. The molecular weight excluding hydrogens is 516 g/mol. The van der Waals surface area contributed by atoms with Crippen molar-refractivity contribution in [1.29, 1.82) is 0 Å². The van der Waals surface area contributed by atoms with Crippen LogP contribution in [0.1, 0.15) is 29.7 Å². The van der Waals surface area contributed by atoms with Crippen molar-refractivity contribution >= 4 is 12.1 Å². The highest BCUT2D eigenvalue weighted by molar-refractivity contribution is 5.79. The minimum absolute atomic E-state index is 0.140. The van der Waals surface area contributed by atoms with Gasteiger partial charge in [-0.25, -0.2) is 9.78 Å². The van der Waals surface area contributed by atoms with Crippen LogP contribution in [0.15, 0.2) is 69.5 Å². The van der Waals surface area contributed by atoms with E-state index in [0.29, 0.717) is 47.7 Å². The van der Waals surface area contributed by atoms with Crippen LogP contribution in [0, 0.1) is 13.8 Å². The summed E-state index contributed by atoms with van der Waals surface area (Å²) in [7, 11) is 1.55. The van der Waals surface area contributed by atoms with Gasteiger partial charge in [0.25, 0.3) is 5.89 Å². The van der Waals surface area contributed by atoms with Gasteiger partial charge >= 0.3 is 12.1 Å². The van der Waals surface area contributed by atoms with Gasteiger partial charge in [-0.1, -0.05) is 12.1 Å². The monoisotopic (exact) mass is 548 g/mol.